The van der Waals surface area contributed by atoms with Gasteiger partial charge in [-0.25, -0.2) is 0 Å². The van der Waals surface area contributed by atoms with E-state index in [1.807, 2.05) is 6.92 Å². The Morgan fingerprint density at radius 3 is 2.82 bits per heavy atom. The number of nitrogens with one attached hydrogen (secondary N) is 1. The third kappa shape index (κ3) is 1.48. The number of thiocarbonyl (C=S) groups is 1. The fraction of sp³-hybridized carbons (Fsp3) is 0.333. The number of H-pyrrole nitrogens is 1. The first kappa shape index (κ1) is 8.00. The lowest BCUT2D eigenvalue weighted by Crippen LogP contribution is -2.29. The second-order valence-corrected chi connectivity index (χ2v) is 2.57. The molecule has 0 spiro atoms. The predicted octanol–water partition coefficient (Wildman–Crippen LogP) is -0.170. The van der Waals surface area contributed by atoms with Crippen molar-refractivity contribution in [1.29, 1.82) is 0 Å². The van der Waals surface area contributed by atoms with E-state index in [0.717, 1.165) is 16.8 Å². The van der Waals surface area contributed by atoms with Crippen molar-refractivity contribution in [2.24, 2.45) is 5.73 Å². The maximum absolute atomic E-state index is 11.0. The molecule has 0 radical (unpaired) electrons. The highest BCUT2D eigenvalue weighted by Crippen LogP contribution is 1.89. The van der Waals surface area contributed by atoms with E-state index < -0.39 is 0 Å². The van der Waals surface area contributed by atoms with Gasteiger partial charge in [-0.05, 0) is 18.6 Å². The van der Waals surface area contributed by atoms with Crippen LogP contribution in [0.1, 0.15) is 12.6 Å². The third-order valence-corrected chi connectivity index (χ3v) is 1.56. The summed E-state index contributed by atoms with van der Waals surface area (Å²) >= 11 is 4.62. The summed E-state index contributed by atoms with van der Waals surface area (Å²) in [7, 11) is 0. The Bertz CT molecular complexity index is 325. The lowest BCUT2D eigenvalue weighted by molar-refractivity contribution is 0.866. The molecule has 0 aliphatic heterocycles. The van der Waals surface area contributed by atoms with Gasteiger partial charge in [0.05, 0.1) is 0 Å². The minimum absolute atomic E-state index is 0.0506. The van der Waals surface area contributed by atoms with Crippen LogP contribution in [-0.4, -0.2) is 14.9 Å². The summed E-state index contributed by atoms with van der Waals surface area (Å²) in [4.78, 5) is 11.0. The van der Waals surface area contributed by atoms with Crippen LogP contribution in [0.15, 0.2) is 10.9 Å². The van der Waals surface area contributed by atoms with Crippen LogP contribution >= 0.6 is 12.2 Å². The number of nitrogens with zero attached hydrogens (tertiary/aromatic N) is 1. The summed E-state index contributed by atoms with van der Waals surface area (Å²) < 4.78 is 1.15. The third-order valence-electron chi connectivity index (χ3n) is 1.37. The molecule has 3 N–H and O–H groups in total. The normalized spacial score (nSPS) is 9.91. The molecule has 11 heavy (non-hydrogen) atoms. The highest BCUT2D eigenvalue weighted by molar-refractivity contribution is 7.80. The van der Waals surface area contributed by atoms with Gasteiger partial charge < -0.3 is 5.73 Å². The second kappa shape index (κ2) is 2.87. The minimum Gasteiger partial charge on any atom is -0.374 e. The molecule has 5 heteroatoms. The van der Waals surface area contributed by atoms with Crippen LogP contribution < -0.4 is 11.3 Å². The zero-order valence-electron chi connectivity index (χ0n) is 6.13. The first-order chi connectivity index (χ1) is 5.15. The van der Waals surface area contributed by atoms with Gasteiger partial charge in [0, 0.05) is 11.8 Å². The lowest BCUT2D eigenvalue weighted by Gasteiger charge is -1.94. The monoisotopic (exact) mass is 171 g/mol. The molecule has 1 heterocycles. The average molecular weight is 171 g/mol. The lowest BCUT2D eigenvalue weighted by atomic mass is 10.3. The molecule has 0 atom stereocenters. The molecule has 0 saturated heterocycles. The van der Waals surface area contributed by atoms with Gasteiger partial charge in [-0.1, -0.05) is 6.92 Å². The fourth-order valence-electron chi connectivity index (χ4n) is 0.789. The summed E-state index contributed by atoms with van der Waals surface area (Å²) in [5.41, 5.74) is 5.88. The van der Waals surface area contributed by atoms with Crippen molar-refractivity contribution < 1.29 is 0 Å². The second-order valence-electron chi connectivity index (χ2n) is 2.15. The van der Waals surface area contributed by atoms with Gasteiger partial charge >= 0.3 is 0 Å². The van der Waals surface area contributed by atoms with Crippen LogP contribution in [0.5, 0.6) is 0 Å². The fourth-order valence-corrected chi connectivity index (χ4v) is 0.925. The largest absolute Gasteiger partial charge is 0.374 e. The van der Waals surface area contributed by atoms with E-state index in [-0.39, 0.29) is 10.7 Å². The molecule has 60 valence electrons. The molecule has 0 unspecified atom stereocenters. The van der Waals surface area contributed by atoms with Crippen molar-refractivity contribution in [3.05, 3.63) is 22.1 Å². The number of aromatic amines is 1. The summed E-state index contributed by atoms with van der Waals surface area (Å²) in [5, 5.41) is 2.82. The number of aromatic nitrogens is 2. The summed E-state index contributed by atoms with van der Waals surface area (Å²) in [5.74, 6) is 0. The van der Waals surface area contributed by atoms with Crippen molar-refractivity contribution in [2.75, 3.05) is 0 Å². The zero-order chi connectivity index (χ0) is 8.43. The van der Waals surface area contributed by atoms with Crippen molar-refractivity contribution in [1.82, 2.24) is 9.78 Å². The first-order valence-electron chi connectivity index (χ1n) is 3.26. The Hall–Kier alpha value is -1.10. The van der Waals surface area contributed by atoms with Crippen molar-refractivity contribution in [3.8, 4) is 0 Å². The van der Waals surface area contributed by atoms with E-state index in [0.29, 0.717) is 0 Å². The van der Waals surface area contributed by atoms with E-state index in [4.69, 9.17) is 5.73 Å². The highest BCUT2D eigenvalue weighted by Gasteiger charge is 2.01. The molecule has 0 saturated carbocycles. The van der Waals surface area contributed by atoms with Gasteiger partial charge in [0.2, 0.25) is 0 Å². The molecular formula is C6H9N3OS. The van der Waals surface area contributed by atoms with Gasteiger partial charge in [0.25, 0.3) is 5.56 Å². The van der Waals surface area contributed by atoms with E-state index in [9.17, 15) is 4.79 Å². The molecule has 0 aliphatic rings. The van der Waals surface area contributed by atoms with Crippen molar-refractivity contribution in [3.63, 3.8) is 0 Å². The van der Waals surface area contributed by atoms with Crippen LogP contribution in [0.4, 0.5) is 0 Å². The van der Waals surface area contributed by atoms with Crippen LogP contribution in [0, 0.1) is 0 Å². The Morgan fingerprint density at radius 2 is 2.55 bits per heavy atom. The van der Waals surface area contributed by atoms with Gasteiger partial charge in [0.1, 0.15) is 0 Å². The molecule has 0 amide bonds. The van der Waals surface area contributed by atoms with Gasteiger partial charge in [0.15, 0.2) is 5.11 Å². The molecule has 0 aliphatic carbocycles. The standard InChI is InChI=1S/C6H9N3OS/c1-2-4-3-5(10)9(8-4)6(7)11/h3,8H,2H2,1H3,(H2,7,11). The van der Waals surface area contributed by atoms with E-state index in [1.54, 1.807) is 0 Å². The number of rotatable bonds is 1. The maximum atomic E-state index is 11.0. The maximum Gasteiger partial charge on any atom is 0.273 e. The summed E-state index contributed by atoms with van der Waals surface area (Å²) in [6, 6.07) is 1.49. The topological polar surface area (TPSA) is 63.8 Å². The smallest absolute Gasteiger partial charge is 0.273 e. The Balaban J connectivity index is 3.18. The van der Waals surface area contributed by atoms with Crippen molar-refractivity contribution >= 4 is 17.3 Å². The van der Waals surface area contributed by atoms with Gasteiger partial charge in [-0.3, -0.25) is 9.89 Å². The molecule has 1 aromatic heterocycles. The first-order valence-corrected chi connectivity index (χ1v) is 3.66. The molecule has 0 aromatic carbocycles. The van der Waals surface area contributed by atoms with Crippen LogP contribution in [-0.2, 0) is 6.42 Å². The molecule has 4 nitrogen and oxygen atoms in total. The summed E-state index contributed by atoms with van der Waals surface area (Å²) in [6.45, 7) is 1.94. The Labute approximate surface area is 69.0 Å². The molecular weight excluding hydrogens is 162 g/mol. The quantitative estimate of drug-likeness (QED) is 0.577. The Morgan fingerprint density at radius 1 is 1.91 bits per heavy atom. The van der Waals surface area contributed by atoms with Crippen molar-refractivity contribution in [2.45, 2.75) is 13.3 Å². The number of hydrogen-bond donors (Lipinski definition) is 2. The average Bonchev–Trinajstić information content (AvgIpc) is 2.30. The highest BCUT2D eigenvalue weighted by atomic mass is 32.1. The van der Waals surface area contributed by atoms with Crippen LogP contribution in [0.2, 0.25) is 0 Å². The predicted molar refractivity (Wildman–Crippen MR) is 46.6 cm³/mol. The van der Waals surface area contributed by atoms with Crippen LogP contribution in [0.3, 0.4) is 0 Å². The van der Waals surface area contributed by atoms with E-state index >= 15 is 0 Å². The van der Waals surface area contributed by atoms with E-state index in [1.165, 1.54) is 6.07 Å². The number of nitrogens with two attached hydrogens (primary N) is 1. The van der Waals surface area contributed by atoms with Gasteiger partial charge in [-0.2, -0.15) is 4.68 Å². The molecule has 1 rings (SSSR count). The SMILES string of the molecule is CCc1cc(=O)n(C(N)=S)[nH]1. The summed E-state index contributed by atoms with van der Waals surface area (Å²) in [6.07, 6.45) is 0.769. The van der Waals surface area contributed by atoms with Crippen LogP contribution in [0.25, 0.3) is 0 Å². The zero-order valence-corrected chi connectivity index (χ0v) is 6.94. The minimum atomic E-state index is -0.200. The number of hydrogen-bond acceptors (Lipinski definition) is 2. The number of aryl methyl sites for hydroxylation is 1. The van der Waals surface area contributed by atoms with E-state index in [2.05, 4.69) is 17.3 Å². The molecule has 0 fully saturated rings. The Kier molecular flexibility index (Phi) is 2.09. The van der Waals surface area contributed by atoms with Gasteiger partial charge in [-0.15, -0.1) is 0 Å². The molecule has 0 bridgehead atoms. The molecule has 1 aromatic rings.